The first-order valence-corrected chi connectivity index (χ1v) is 11.3. The molecule has 154 valence electrons. The first-order chi connectivity index (χ1) is 14.3. The van der Waals surface area contributed by atoms with Crippen molar-refractivity contribution >= 4 is 21.6 Å². The Kier molecular flexibility index (Phi) is 5.45. The SMILES string of the molecule is Cc1ccc(S(=O)(=O)N2CCc3ccc(NC(=O)c4ccccc4C)cc3C2)cc1. The van der Waals surface area contributed by atoms with Gasteiger partial charge in [-0.3, -0.25) is 4.79 Å². The van der Waals surface area contributed by atoms with Crippen LogP contribution in [0.4, 0.5) is 5.69 Å². The van der Waals surface area contributed by atoms with E-state index in [2.05, 4.69) is 5.32 Å². The minimum Gasteiger partial charge on any atom is -0.322 e. The molecule has 1 N–H and O–H groups in total. The van der Waals surface area contributed by atoms with Gasteiger partial charge in [-0.1, -0.05) is 42.0 Å². The fourth-order valence-electron chi connectivity index (χ4n) is 3.70. The second kappa shape index (κ2) is 8.05. The maximum absolute atomic E-state index is 13.0. The van der Waals surface area contributed by atoms with E-state index >= 15 is 0 Å². The zero-order chi connectivity index (χ0) is 21.3. The molecule has 0 unspecified atom stereocenters. The van der Waals surface area contributed by atoms with Crippen molar-refractivity contribution < 1.29 is 13.2 Å². The van der Waals surface area contributed by atoms with Gasteiger partial charge in [0.05, 0.1) is 4.90 Å². The minimum absolute atomic E-state index is 0.173. The van der Waals surface area contributed by atoms with Crippen LogP contribution in [-0.4, -0.2) is 25.2 Å². The summed E-state index contributed by atoms with van der Waals surface area (Å²) in [5, 5.41) is 2.93. The van der Waals surface area contributed by atoms with Gasteiger partial charge >= 0.3 is 0 Å². The van der Waals surface area contributed by atoms with Crippen LogP contribution in [-0.2, 0) is 23.0 Å². The van der Waals surface area contributed by atoms with Gasteiger partial charge in [0, 0.05) is 24.3 Å². The Labute approximate surface area is 177 Å². The monoisotopic (exact) mass is 420 g/mol. The highest BCUT2D eigenvalue weighted by molar-refractivity contribution is 7.89. The van der Waals surface area contributed by atoms with Crippen LogP contribution in [0.15, 0.2) is 71.6 Å². The van der Waals surface area contributed by atoms with Crippen LogP contribution in [0.1, 0.15) is 32.6 Å². The fourth-order valence-corrected chi connectivity index (χ4v) is 5.12. The number of benzene rings is 3. The largest absolute Gasteiger partial charge is 0.322 e. The Morgan fingerprint density at radius 3 is 2.40 bits per heavy atom. The number of aryl methyl sites for hydroxylation is 2. The second-order valence-electron chi connectivity index (χ2n) is 7.65. The topological polar surface area (TPSA) is 66.5 Å². The summed E-state index contributed by atoms with van der Waals surface area (Å²) in [6.07, 6.45) is 0.645. The van der Waals surface area contributed by atoms with Crippen LogP contribution in [0.25, 0.3) is 0 Å². The third kappa shape index (κ3) is 4.01. The number of anilines is 1. The van der Waals surface area contributed by atoms with E-state index in [-0.39, 0.29) is 5.91 Å². The molecule has 0 spiro atoms. The van der Waals surface area contributed by atoms with E-state index < -0.39 is 10.0 Å². The summed E-state index contributed by atoms with van der Waals surface area (Å²) in [7, 11) is -3.56. The number of hydrogen-bond donors (Lipinski definition) is 1. The number of carbonyl (C=O) groups is 1. The molecular formula is C24H24N2O3S. The zero-order valence-corrected chi connectivity index (χ0v) is 17.9. The van der Waals surface area contributed by atoms with Crippen molar-refractivity contribution in [2.45, 2.75) is 31.7 Å². The lowest BCUT2D eigenvalue weighted by molar-refractivity contribution is 0.102. The van der Waals surface area contributed by atoms with E-state index in [1.807, 2.05) is 62.4 Å². The van der Waals surface area contributed by atoms with E-state index in [4.69, 9.17) is 0 Å². The van der Waals surface area contributed by atoms with Crippen molar-refractivity contribution in [1.29, 1.82) is 0 Å². The highest BCUT2D eigenvalue weighted by Crippen LogP contribution is 2.27. The number of carbonyl (C=O) groups excluding carboxylic acids is 1. The molecule has 4 rings (SSSR count). The smallest absolute Gasteiger partial charge is 0.255 e. The Morgan fingerprint density at radius 2 is 1.67 bits per heavy atom. The van der Waals surface area contributed by atoms with Crippen molar-refractivity contribution in [2.75, 3.05) is 11.9 Å². The molecule has 1 heterocycles. The average molecular weight is 421 g/mol. The van der Waals surface area contributed by atoms with E-state index in [1.165, 1.54) is 4.31 Å². The van der Waals surface area contributed by atoms with E-state index in [0.717, 1.165) is 22.3 Å². The van der Waals surface area contributed by atoms with Gasteiger partial charge in [0.2, 0.25) is 10.0 Å². The highest BCUT2D eigenvalue weighted by atomic mass is 32.2. The Balaban J connectivity index is 1.56. The number of rotatable bonds is 4. The molecular weight excluding hydrogens is 396 g/mol. The molecule has 0 radical (unpaired) electrons. The lowest BCUT2D eigenvalue weighted by atomic mass is 10.0. The molecule has 3 aromatic carbocycles. The van der Waals surface area contributed by atoms with Crippen LogP contribution in [0.3, 0.4) is 0 Å². The number of amides is 1. The van der Waals surface area contributed by atoms with Gasteiger partial charge < -0.3 is 5.32 Å². The lowest BCUT2D eigenvalue weighted by Gasteiger charge is -2.28. The van der Waals surface area contributed by atoms with Gasteiger partial charge in [-0.15, -0.1) is 0 Å². The van der Waals surface area contributed by atoms with Gasteiger partial charge in [-0.05, 0) is 67.3 Å². The van der Waals surface area contributed by atoms with E-state index in [9.17, 15) is 13.2 Å². The molecule has 1 aliphatic rings. The van der Waals surface area contributed by atoms with Crippen molar-refractivity contribution in [3.8, 4) is 0 Å². The highest BCUT2D eigenvalue weighted by Gasteiger charge is 2.28. The number of nitrogens with one attached hydrogen (secondary N) is 1. The number of nitrogens with zero attached hydrogens (tertiary/aromatic N) is 1. The molecule has 6 heteroatoms. The second-order valence-corrected chi connectivity index (χ2v) is 9.59. The molecule has 0 fully saturated rings. The molecule has 5 nitrogen and oxygen atoms in total. The Hall–Kier alpha value is -2.96. The van der Waals surface area contributed by atoms with Gasteiger partial charge in [0.15, 0.2) is 0 Å². The summed E-state index contributed by atoms with van der Waals surface area (Å²) in [5.41, 5.74) is 5.24. The first-order valence-electron chi connectivity index (χ1n) is 9.90. The maximum atomic E-state index is 13.0. The summed E-state index contributed by atoms with van der Waals surface area (Å²) >= 11 is 0. The molecule has 0 aliphatic carbocycles. The van der Waals surface area contributed by atoms with Gasteiger partial charge in [0.1, 0.15) is 0 Å². The van der Waals surface area contributed by atoms with Crippen LogP contribution < -0.4 is 5.32 Å². The molecule has 0 atom stereocenters. The molecule has 30 heavy (non-hydrogen) atoms. The van der Waals surface area contributed by atoms with Crippen LogP contribution in [0.2, 0.25) is 0 Å². The lowest BCUT2D eigenvalue weighted by Crippen LogP contribution is -2.36. The van der Waals surface area contributed by atoms with Crippen LogP contribution in [0.5, 0.6) is 0 Å². The normalized spacial score (nSPS) is 14.2. The minimum atomic E-state index is -3.56. The summed E-state index contributed by atoms with van der Waals surface area (Å²) in [4.78, 5) is 12.9. The molecule has 0 bridgehead atoms. The number of sulfonamides is 1. The fraction of sp³-hybridized carbons (Fsp3) is 0.208. The first kappa shape index (κ1) is 20.3. The number of fused-ring (bicyclic) bond motifs is 1. The van der Waals surface area contributed by atoms with Gasteiger partial charge in [0.25, 0.3) is 5.91 Å². The molecule has 3 aromatic rings. The molecule has 0 aromatic heterocycles. The third-order valence-electron chi connectivity index (χ3n) is 5.49. The van der Waals surface area contributed by atoms with Crippen molar-refractivity contribution in [1.82, 2.24) is 4.31 Å². The average Bonchev–Trinajstić information content (AvgIpc) is 2.73. The van der Waals surface area contributed by atoms with Gasteiger partial charge in [-0.2, -0.15) is 4.31 Å². The quantitative estimate of drug-likeness (QED) is 0.684. The molecule has 0 saturated carbocycles. The molecule has 1 aliphatic heterocycles. The summed E-state index contributed by atoms with van der Waals surface area (Å²) < 4.78 is 27.6. The standard InChI is InChI=1S/C24H24N2O3S/c1-17-7-11-22(12-8-17)30(28,29)26-14-13-19-9-10-21(15-20(19)16-26)25-24(27)23-6-4-3-5-18(23)2/h3-12,15H,13-14,16H2,1-2H3,(H,25,27). The summed E-state index contributed by atoms with van der Waals surface area (Å²) in [6, 6.07) is 20.1. The number of hydrogen-bond acceptors (Lipinski definition) is 3. The van der Waals surface area contributed by atoms with Crippen molar-refractivity contribution in [2.24, 2.45) is 0 Å². The predicted octanol–water partition coefficient (Wildman–Crippen LogP) is 4.30. The van der Waals surface area contributed by atoms with E-state index in [0.29, 0.717) is 35.7 Å². The van der Waals surface area contributed by atoms with Crippen LogP contribution in [0, 0.1) is 13.8 Å². The third-order valence-corrected chi connectivity index (χ3v) is 7.35. The summed E-state index contributed by atoms with van der Waals surface area (Å²) in [5.74, 6) is -0.173. The zero-order valence-electron chi connectivity index (χ0n) is 17.1. The van der Waals surface area contributed by atoms with E-state index in [1.54, 1.807) is 18.2 Å². The Bertz CT molecular complexity index is 1200. The molecule has 1 amide bonds. The van der Waals surface area contributed by atoms with Gasteiger partial charge in [-0.25, -0.2) is 8.42 Å². The predicted molar refractivity (Wildman–Crippen MR) is 118 cm³/mol. The van der Waals surface area contributed by atoms with Crippen molar-refractivity contribution in [3.05, 3.63) is 94.5 Å². The van der Waals surface area contributed by atoms with Crippen LogP contribution >= 0.6 is 0 Å². The summed E-state index contributed by atoms with van der Waals surface area (Å²) in [6.45, 7) is 4.56. The Morgan fingerprint density at radius 1 is 0.933 bits per heavy atom. The molecule has 0 saturated heterocycles. The van der Waals surface area contributed by atoms with Crippen molar-refractivity contribution in [3.63, 3.8) is 0 Å². The maximum Gasteiger partial charge on any atom is 0.255 e.